The van der Waals surface area contributed by atoms with Crippen molar-refractivity contribution in [1.29, 1.82) is 0 Å². The molecule has 1 unspecified atom stereocenters. The van der Waals surface area contributed by atoms with E-state index in [-0.39, 0.29) is 9.99 Å². The third-order valence-electron chi connectivity index (χ3n) is 4.06. The van der Waals surface area contributed by atoms with E-state index < -0.39 is 8.80 Å². The summed E-state index contributed by atoms with van der Waals surface area (Å²) in [5.74, 6) is 0. The molecule has 0 heterocycles. The molecule has 0 saturated heterocycles. The highest BCUT2D eigenvalue weighted by Crippen LogP contribution is 2.30. The van der Waals surface area contributed by atoms with E-state index in [0.29, 0.717) is 26.2 Å². The Hall–Kier alpha value is 0.117. The summed E-state index contributed by atoms with van der Waals surface area (Å²) in [6.45, 7) is 11.8. The third kappa shape index (κ3) is 10.8. The van der Waals surface area contributed by atoms with Gasteiger partial charge in [-0.15, -0.1) is 0 Å². The number of carbonyl (C=O) groups excluding carboxylic acids is 1. The van der Waals surface area contributed by atoms with E-state index in [1.807, 2.05) is 20.8 Å². The van der Waals surface area contributed by atoms with Gasteiger partial charge in [0, 0.05) is 26.2 Å². The fraction of sp³-hybridized carbons (Fsp3) is 0.947. The molecule has 0 amide bonds. The first-order valence-corrected chi connectivity index (χ1v) is 12.9. The molecule has 1 atom stereocenters. The van der Waals surface area contributed by atoms with E-state index in [1.165, 1.54) is 43.9 Å². The largest absolute Gasteiger partial charge is 0.515 e. The molecule has 0 aliphatic rings. The Morgan fingerprint density at radius 3 is 1.72 bits per heavy atom. The molecule has 0 aromatic heterocycles. The van der Waals surface area contributed by atoms with Crippen LogP contribution < -0.4 is 0 Å². The molecule has 150 valence electrons. The summed E-state index contributed by atoms with van der Waals surface area (Å²) in [6.07, 6.45) is 10.1. The number of hydrogen-bond acceptors (Lipinski definition) is 5. The van der Waals surface area contributed by atoms with Crippen molar-refractivity contribution in [1.82, 2.24) is 0 Å². The van der Waals surface area contributed by atoms with E-state index in [9.17, 15) is 4.79 Å². The van der Waals surface area contributed by atoms with Gasteiger partial charge in [0.05, 0.1) is 4.87 Å². The first kappa shape index (κ1) is 25.1. The van der Waals surface area contributed by atoms with Crippen LogP contribution in [0.4, 0.5) is 0 Å². The molecule has 0 aliphatic heterocycles. The fourth-order valence-corrected chi connectivity index (χ4v) is 7.70. The summed E-state index contributed by atoms with van der Waals surface area (Å²) in [7, 11) is -2.81. The van der Waals surface area contributed by atoms with E-state index >= 15 is 0 Å². The van der Waals surface area contributed by atoms with E-state index in [4.69, 9.17) is 13.3 Å². The van der Waals surface area contributed by atoms with Gasteiger partial charge in [-0.1, -0.05) is 64.1 Å². The Kier molecular flexibility index (Phi) is 16.4. The van der Waals surface area contributed by atoms with Gasteiger partial charge in [0.15, 0.2) is 5.12 Å². The van der Waals surface area contributed by atoms with Crippen molar-refractivity contribution in [3.63, 3.8) is 0 Å². The Morgan fingerprint density at radius 1 is 0.800 bits per heavy atom. The summed E-state index contributed by atoms with van der Waals surface area (Å²) in [4.78, 5) is 12.4. The van der Waals surface area contributed by atoms with Crippen LogP contribution in [-0.2, 0) is 18.1 Å². The average molecular weight is 393 g/mol. The second-order valence-corrected chi connectivity index (χ2v) is 10.6. The second kappa shape index (κ2) is 16.3. The maximum atomic E-state index is 12.4. The van der Waals surface area contributed by atoms with Crippen LogP contribution in [0.1, 0.15) is 92.4 Å². The standard InChI is InChI=1S/C19H40O4SSi/c1-6-11-12-13-14-15-16-17-18(20)24-19(7-2)25(21-8-3,22-9-4)23-10-5/h19H,6-17H2,1-5H3. The lowest BCUT2D eigenvalue weighted by Crippen LogP contribution is -2.55. The van der Waals surface area contributed by atoms with Crippen LogP contribution >= 0.6 is 11.8 Å². The molecule has 4 nitrogen and oxygen atoms in total. The fourth-order valence-electron chi connectivity index (χ4n) is 2.86. The van der Waals surface area contributed by atoms with Crippen molar-refractivity contribution in [3.8, 4) is 0 Å². The van der Waals surface area contributed by atoms with Gasteiger partial charge in [0.25, 0.3) is 0 Å². The molecule has 0 radical (unpaired) electrons. The average Bonchev–Trinajstić information content (AvgIpc) is 2.59. The van der Waals surface area contributed by atoms with Gasteiger partial charge in [0.2, 0.25) is 0 Å². The quantitative estimate of drug-likeness (QED) is 0.233. The van der Waals surface area contributed by atoms with Crippen molar-refractivity contribution >= 4 is 25.7 Å². The van der Waals surface area contributed by atoms with Crippen molar-refractivity contribution in [3.05, 3.63) is 0 Å². The summed E-state index contributed by atoms with van der Waals surface area (Å²) in [6, 6.07) is 0. The zero-order chi connectivity index (χ0) is 19.0. The number of rotatable bonds is 17. The van der Waals surface area contributed by atoms with E-state index in [0.717, 1.165) is 19.3 Å². The Morgan fingerprint density at radius 2 is 1.28 bits per heavy atom. The molecular formula is C19H40O4SSi. The molecule has 6 heteroatoms. The smallest absolute Gasteiger partial charge is 0.373 e. The Labute approximate surface area is 161 Å². The lowest BCUT2D eigenvalue weighted by atomic mass is 10.1. The Bertz CT molecular complexity index is 312. The zero-order valence-electron chi connectivity index (χ0n) is 17.1. The monoisotopic (exact) mass is 392 g/mol. The second-order valence-electron chi connectivity index (χ2n) is 6.16. The molecule has 0 bridgehead atoms. The van der Waals surface area contributed by atoms with Gasteiger partial charge in [-0.3, -0.25) is 4.79 Å². The molecule has 0 N–H and O–H groups in total. The van der Waals surface area contributed by atoms with Crippen molar-refractivity contribution in [2.45, 2.75) is 97.3 Å². The van der Waals surface area contributed by atoms with Gasteiger partial charge in [-0.05, 0) is 33.6 Å². The molecule has 0 aromatic carbocycles. The highest BCUT2D eigenvalue weighted by Gasteiger charge is 2.49. The van der Waals surface area contributed by atoms with Crippen LogP contribution in [0.15, 0.2) is 0 Å². The predicted octanol–water partition coefficient (Wildman–Crippen LogP) is 5.75. The predicted molar refractivity (Wildman–Crippen MR) is 110 cm³/mol. The third-order valence-corrected chi connectivity index (χ3v) is 9.63. The zero-order valence-corrected chi connectivity index (χ0v) is 18.9. The molecule has 0 saturated carbocycles. The lowest BCUT2D eigenvalue weighted by Gasteiger charge is -2.34. The van der Waals surface area contributed by atoms with Crippen molar-refractivity contribution in [2.75, 3.05) is 19.8 Å². The van der Waals surface area contributed by atoms with Gasteiger partial charge in [0.1, 0.15) is 0 Å². The summed E-state index contributed by atoms with van der Waals surface area (Å²) >= 11 is 1.39. The molecule has 25 heavy (non-hydrogen) atoms. The van der Waals surface area contributed by atoms with Gasteiger partial charge in [-0.2, -0.15) is 0 Å². The number of thioether (sulfide) groups is 1. The molecule has 0 spiro atoms. The minimum Gasteiger partial charge on any atom is -0.373 e. The first-order valence-electron chi connectivity index (χ1n) is 10.2. The van der Waals surface area contributed by atoms with Crippen molar-refractivity contribution < 1.29 is 18.1 Å². The number of carbonyl (C=O) groups is 1. The first-order chi connectivity index (χ1) is 12.1. The van der Waals surface area contributed by atoms with E-state index in [1.54, 1.807) is 0 Å². The topological polar surface area (TPSA) is 44.8 Å². The van der Waals surface area contributed by atoms with Crippen molar-refractivity contribution in [2.24, 2.45) is 0 Å². The van der Waals surface area contributed by atoms with Crippen LogP contribution in [0.25, 0.3) is 0 Å². The number of hydrogen-bond donors (Lipinski definition) is 0. The van der Waals surface area contributed by atoms with Gasteiger partial charge < -0.3 is 13.3 Å². The van der Waals surface area contributed by atoms with Crippen LogP contribution in [0.5, 0.6) is 0 Å². The Balaban J connectivity index is 4.42. The summed E-state index contributed by atoms with van der Waals surface area (Å²) in [5, 5.41) is 0.247. The van der Waals surface area contributed by atoms with Gasteiger partial charge >= 0.3 is 8.80 Å². The molecule has 0 rings (SSSR count). The maximum Gasteiger partial charge on any atom is 0.515 e. The minimum atomic E-state index is -2.81. The minimum absolute atomic E-state index is 0.00981. The SMILES string of the molecule is CCCCCCCCCC(=O)SC(CC)[Si](OCC)(OCC)OCC. The van der Waals surface area contributed by atoms with E-state index in [2.05, 4.69) is 13.8 Å². The maximum absolute atomic E-state index is 12.4. The molecule has 0 aliphatic carbocycles. The van der Waals surface area contributed by atoms with Crippen LogP contribution in [0, 0.1) is 0 Å². The number of unbranched alkanes of at least 4 members (excludes halogenated alkanes) is 6. The normalized spacial score (nSPS) is 13.2. The summed E-state index contributed by atoms with van der Waals surface area (Å²) in [5.41, 5.74) is 0. The highest BCUT2D eigenvalue weighted by molar-refractivity contribution is 8.15. The highest BCUT2D eigenvalue weighted by atomic mass is 32.2. The van der Waals surface area contributed by atoms with Gasteiger partial charge in [-0.25, -0.2) is 0 Å². The van der Waals surface area contributed by atoms with Crippen LogP contribution in [0.3, 0.4) is 0 Å². The lowest BCUT2D eigenvalue weighted by molar-refractivity contribution is -0.111. The van der Waals surface area contributed by atoms with Crippen LogP contribution in [0.2, 0.25) is 0 Å². The molecule has 0 aromatic rings. The molecular weight excluding hydrogens is 352 g/mol. The molecule has 0 fully saturated rings. The van der Waals surface area contributed by atoms with Crippen LogP contribution in [-0.4, -0.2) is 38.6 Å². The summed E-state index contributed by atoms with van der Waals surface area (Å²) < 4.78 is 17.9.